The summed E-state index contributed by atoms with van der Waals surface area (Å²) < 4.78 is 0. The van der Waals surface area contributed by atoms with Gasteiger partial charge < -0.3 is 5.32 Å². The van der Waals surface area contributed by atoms with E-state index >= 15 is 0 Å². The summed E-state index contributed by atoms with van der Waals surface area (Å²) in [5, 5.41) is 6.53. The average Bonchev–Trinajstić information content (AvgIpc) is 2.72. The van der Waals surface area contributed by atoms with Crippen LogP contribution >= 0.6 is 0 Å². The van der Waals surface area contributed by atoms with Crippen molar-refractivity contribution in [3.05, 3.63) is 101 Å². The van der Waals surface area contributed by atoms with Crippen molar-refractivity contribution in [3.63, 3.8) is 0 Å². The van der Waals surface area contributed by atoms with Gasteiger partial charge in [0.05, 0.1) is 12.6 Å². The van der Waals surface area contributed by atoms with E-state index in [1.165, 1.54) is 5.56 Å². The lowest BCUT2D eigenvalue weighted by Gasteiger charge is -2.20. The van der Waals surface area contributed by atoms with Crippen molar-refractivity contribution in [2.24, 2.45) is 0 Å². The molecule has 2 N–H and O–H groups in total. The van der Waals surface area contributed by atoms with Gasteiger partial charge in [0, 0.05) is 5.69 Å². The monoisotopic (exact) mass is 372 g/mol. The van der Waals surface area contributed by atoms with Gasteiger partial charge >= 0.3 is 0 Å². The maximum atomic E-state index is 12.7. The molecule has 1 amide bonds. The molecule has 144 valence electrons. The number of hydrogen-bond donors (Lipinski definition) is 2. The van der Waals surface area contributed by atoms with Crippen LogP contribution in [0.4, 0.5) is 5.69 Å². The van der Waals surface area contributed by atoms with Gasteiger partial charge in [-0.1, -0.05) is 85.3 Å². The standard InChI is InChI=1S/C25H28N2O/c1-4-20-12-8-9-19(3)24(20)27-23(28)17-26-25(21-10-6-5-7-11-21)22-15-13-18(2)14-16-22/h5-16,25-26H,4,17H2,1-3H3,(H,27,28)/t25-/m0/s1. The summed E-state index contributed by atoms with van der Waals surface area (Å²) >= 11 is 0. The second kappa shape index (κ2) is 9.34. The first-order valence-corrected chi connectivity index (χ1v) is 9.81. The van der Waals surface area contributed by atoms with Gasteiger partial charge in [-0.15, -0.1) is 0 Å². The van der Waals surface area contributed by atoms with Crippen molar-refractivity contribution in [2.75, 3.05) is 11.9 Å². The summed E-state index contributed by atoms with van der Waals surface area (Å²) in [6.07, 6.45) is 0.890. The predicted octanol–water partition coefficient (Wildman–Crippen LogP) is 5.18. The van der Waals surface area contributed by atoms with Crippen molar-refractivity contribution < 1.29 is 4.79 Å². The fourth-order valence-electron chi connectivity index (χ4n) is 3.41. The highest BCUT2D eigenvalue weighted by Gasteiger charge is 2.16. The summed E-state index contributed by atoms with van der Waals surface area (Å²) in [5.41, 5.74) is 6.69. The lowest BCUT2D eigenvalue weighted by Crippen LogP contribution is -2.32. The molecule has 3 aromatic rings. The van der Waals surface area contributed by atoms with Gasteiger partial charge in [0.25, 0.3) is 0 Å². The van der Waals surface area contributed by atoms with E-state index < -0.39 is 0 Å². The van der Waals surface area contributed by atoms with Crippen LogP contribution in [0.15, 0.2) is 72.8 Å². The number of carbonyl (C=O) groups is 1. The minimum Gasteiger partial charge on any atom is -0.324 e. The quantitative estimate of drug-likeness (QED) is 0.600. The number of anilines is 1. The predicted molar refractivity (Wildman–Crippen MR) is 117 cm³/mol. The summed E-state index contributed by atoms with van der Waals surface area (Å²) in [6, 6.07) is 24.8. The molecule has 0 spiro atoms. The molecule has 1 atom stereocenters. The number of amides is 1. The van der Waals surface area contributed by atoms with E-state index in [1.54, 1.807) is 0 Å². The molecule has 0 saturated carbocycles. The van der Waals surface area contributed by atoms with Crippen LogP contribution in [0, 0.1) is 13.8 Å². The minimum absolute atomic E-state index is 0.0305. The average molecular weight is 373 g/mol. The van der Waals surface area contributed by atoms with Crippen molar-refractivity contribution in [1.29, 1.82) is 0 Å². The Morgan fingerprint density at radius 2 is 1.54 bits per heavy atom. The molecular formula is C25H28N2O. The van der Waals surface area contributed by atoms with E-state index in [-0.39, 0.29) is 18.5 Å². The van der Waals surface area contributed by atoms with E-state index in [2.05, 4.69) is 66.9 Å². The van der Waals surface area contributed by atoms with Gasteiger partial charge in [0.2, 0.25) is 5.91 Å². The molecule has 3 rings (SSSR count). The lowest BCUT2D eigenvalue weighted by molar-refractivity contribution is -0.115. The molecule has 0 unspecified atom stereocenters. The second-order valence-electron chi connectivity index (χ2n) is 7.15. The van der Waals surface area contributed by atoms with Crippen LogP contribution in [0.25, 0.3) is 0 Å². The third-order valence-corrected chi connectivity index (χ3v) is 5.01. The Labute approximate surface area is 167 Å². The number of para-hydroxylation sites is 1. The highest BCUT2D eigenvalue weighted by molar-refractivity contribution is 5.93. The first-order valence-electron chi connectivity index (χ1n) is 9.81. The molecule has 0 fully saturated rings. The van der Waals surface area contributed by atoms with Gasteiger partial charge in [0.1, 0.15) is 0 Å². The van der Waals surface area contributed by atoms with Crippen LogP contribution in [0.1, 0.15) is 40.8 Å². The summed E-state index contributed by atoms with van der Waals surface area (Å²) in [5.74, 6) is -0.0305. The maximum Gasteiger partial charge on any atom is 0.238 e. The Kier molecular flexibility index (Phi) is 6.62. The molecule has 0 bridgehead atoms. The van der Waals surface area contributed by atoms with Crippen LogP contribution < -0.4 is 10.6 Å². The van der Waals surface area contributed by atoms with E-state index in [1.807, 2.05) is 37.3 Å². The topological polar surface area (TPSA) is 41.1 Å². The van der Waals surface area contributed by atoms with Crippen LogP contribution in [0.5, 0.6) is 0 Å². The Balaban J connectivity index is 1.75. The third kappa shape index (κ3) is 4.87. The maximum absolute atomic E-state index is 12.7. The van der Waals surface area contributed by atoms with Crippen LogP contribution in [-0.2, 0) is 11.2 Å². The molecule has 0 aromatic heterocycles. The van der Waals surface area contributed by atoms with Crippen molar-refractivity contribution >= 4 is 11.6 Å². The van der Waals surface area contributed by atoms with Crippen LogP contribution in [0.3, 0.4) is 0 Å². The number of benzene rings is 3. The number of rotatable bonds is 7. The third-order valence-electron chi connectivity index (χ3n) is 5.01. The largest absolute Gasteiger partial charge is 0.324 e. The van der Waals surface area contributed by atoms with Crippen molar-refractivity contribution in [3.8, 4) is 0 Å². The first kappa shape index (κ1) is 19.8. The molecule has 0 heterocycles. The van der Waals surface area contributed by atoms with Gasteiger partial charge in [0.15, 0.2) is 0 Å². The Morgan fingerprint density at radius 3 is 2.21 bits per heavy atom. The second-order valence-corrected chi connectivity index (χ2v) is 7.15. The van der Waals surface area contributed by atoms with E-state index in [4.69, 9.17) is 0 Å². The molecule has 3 aromatic carbocycles. The van der Waals surface area contributed by atoms with Crippen molar-refractivity contribution in [2.45, 2.75) is 33.2 Å². The number of carbonyl (C=O) groups excluding carboxylic acids is 1. The summed E-state index contributed by atoms with van der Waals surface area (Å²) in [6.45, 7) is 6.45. The molecule has 0 aliphatic heterocycles. The molecular weight excluding hydrogens is 344 g/mol. The van der Waals surface area contributed by atoms with Gasteiger partial charge in [-0.05, 0) is 42.5 Å². The smallest absolute Gasteiger partial charge is 0.238 e. The highest BCUT2D eigenvalue weighted by atomic mass is 16.1. The summed E-state index contributed by atoms with van der Waals surface area (Å²) in [7, 11) is 0. The molecule has 28 heavy (non-hydrogen) atoms. The molecule has 3 nitrogen and oxygen atoms in total. The molecule has 0 saturated heterocycles. The SMILES string of the molecule is CCc1cccc(C)c1NC(=O)CN[C@@H](c1ccccc1)c1ccc(C)cc1. The zero-order valence-corrected chi connectivity index (χ0v) is 16.8. The van der Waals surface area contributed by atoms with E-state index in [0.29, 0.717) is 0 Å². The van der Waals surface area contributed by atoms with Crippen LogP contribution in [-0.4, -0.2) is 12.5 Å². The first-order chi connectivity index (χ1) is 13.6. The van der Waals surface area contributed by atoms with E-state index in [9.17, 15) is 4.79 Å². The van der Waals surface area contributed by atoms with Crippen LogP contribution in [0.2, 0.25) is 0 Å². The fraction of sp³-hybridized carbons (Fsp3) is 0.240. The summed E-state index contributed by atoms with van der Waals surface area (Å²) in [4.78, 5) is 12.7. The number of hydrogen-bond acceptors (Lipinski definition) is 2. The molecule has 3 heteroatoms. The molecule has 0 radical (unpaired) electrons. The Hall–Kier alpha value is -2.91. The van der Waals surface area contributed by atoms with Gasteiger partial charge in [-0.2, -0.15) is 0 Å². The van der Waals surface area contributed by atoms with Gasteiger partial charge in [-0.25, -0.2) is 0 Å². The Morgan fingerprint density at radius 1 is 0.857 bits per heavy atom. The Bertz CT molecular complexity index is 917. The van der Waals surface area contributed by atoms with E-state index in [0.717, 1.165) is 34.4 Å². The molecule has 0 aliphatic rings. The fourth-order valence-corrected chi connectivity index (χ4v) is 3.41. The van der Waals surface area contributed by atoms with Gasteiger partial charge in [-0.3, -0.25) is 10.1 Å². The zero-order valence-electron chi connectivity index (χ0n) is 16.8. The minimum atomic E-state index is -0.0323. The zero-order chi connectivity index (χ0) is 19.9. The van der Waals surface area contributed by atoms with Crippen molar-refractivity contribution in [1.82, 2.24) is 5.32 Å². The number of nitrogens with one attached hydrogen (secondary N) is 2. The lowest BCUT2D eigenvalue weighted by atomic mass is 9.98. The normalized spacial score (nSPS) is 11.8. The highest BCUT2D eigenvalue weighted by Crippen LogP contribution is 2.23. The molecule has 0 aliphatic carbocycles. The number of aryl methyl sites for hydroxylation is 3.